The van der Waals surface area contributed by atoms with Gasteiger partial charge in [-0.25, -0.2) is 34.3 Å². The second-order valence-electron chi connectivity index (χ2n) is 14.3. The summed E-state index contributed by atoms with van der Waals surface area (Å²) in [5, 5.41) is 6.76. The number of nitrogens with zero attached hydrogens (tertiary/aromatic N) is 4. The predicted molar refractivity (Wildman–Crippen MR) is 267 cm³/mol. The van der Waals surface area contributed by atoms with Crippen molar-refractivity contribution in [1.29, 1.82) is 0 Å². The van der Waals surface area contributed by atoms with Crippen LogP contribution >= 0.6 is 45.3 Å². The average molecular weight is 985 g/mol. The van der Waals surface area contributed by atoms with Gasteiger partial charge in [-0.2, -0.15) is 0 Å². The molecular formula is C50H56N4O9S4. The molecule has 67 heavy (non-hydrogen) atoms. The topological polar surface area (TPSA) is 158 Å². The minimum Gasteiger partial charge on any atom is -0.494 e. The van der Waals surface area contributed by atoms with Gasteiger partial charge in [0.1, 0.15) is 37.3 Å². The van der Waals surface area contributed by atoms with E-state index in [1.54, 1.807) is 43.7 Å². The fraction of sp³-hybridized carbons (Fsp3) is 0.340. The van der Waals surface area contributed by atoms with Crippen LogP contribution in [0.25, 0.3) is 31.7 Å². The van der Waals surface area contributed by atoms with Crippen LogP contribution in [-0.4, -0.2) is 70.9 Å². The molecule has 1 atom stereocenters. The van der Waals surface area contributed by atoms with E-state index in [1.807, 2.05) is 106 Å². The summed E-state index contributed by atoms with van der Waals surface area (Å²) in [6.07, 6.45) is 2.08. The number of hydrogen-bond donors (Lipinski definition) is 0. The van der Waals surface area contributed by atoms with Crippen LogP contribution in [-0.2, 0) is 20.6 Å². The first kappa shape index (κ1) is 52.0. The van der Waals surface area contributed by atoms with Gasteiger partial charge in [-0.1, -0.05) is 20.8 Å². The molecule has 0 spiro atoms. The third kappa shape index (κ3) is 14.7. The van der Waals surface area contributed by atoms with E-state index in [4.69, 9.17) is 28.4 Å². The minimum absolute atomic E-state index is 0.230. The van der Waals surface area contributed by atoms with E-state index >= 15 is 0 Å². The van der Waals surface area contributed by atoms with Gasteiger partial charge in [0.15, 0.2) is 23.2 Å². The van der Waals surface area contributed by atoms with Crippen molar-refractivity contribution in [1.82, 2.24) is 19.9 Å². The Bertz CT molecular complexity index is 2600. The van der Waals surface area contributed by atoms with Crippen LogP contribution in [0.15, 0.2) is 89.8 Å². The van der Waals surface area contributed by atoms with Crippen molar-refractivity contribution in [3.63, 3.8) is 0 Å². The second kappa shape index (κ2) is 26.4. The molecule has 0 N–H and O–H groups in total. The molecule has 0 radical (unpaired) electrons. The summed E-state index contributed by atoms with van der Waals surface area (Å²) in [6, 6.07) is 23.1. The van der Waals surface area contributed by atoms with Gasteiger partial charge in [-0.15, -0.1) is 45.3 Å². The van der Waals surface area contributed by atoms with Crippen molar-refractivity contribution in [3.05, 3.63) is 122 Å². The van der Waals surface area contributed by atoms with E-state index in [1.165, 1.54) is 34.0 Å². The van der Waals surface area contributed by atoms with E-state index in [9.17, 15) is 14.4 Å². The molecule has 3 aromatic carbocycles. The molecule has 0 saturated heterocycles. The summed E-state index contributed by atoms with van der Waals surface area (Å²) >= 11 is 5.94. The monoisotopic (exact) mass is 984 g/mol. The standard InChI is InChI=1S/C17H16N2O3S2.C17H21NO3S.C16H19NO3S/c1-3-21-13-6-4-12(5-7-13)16-19-14(10-24-16)17(20)22-11(2)15-18-8-9-23-15;1-5-20-13-9-7-12(8-10-13)16-18-14(17(19)21-6-2)15(22-16)11(3)4;1-4-13-14(16(18)20-6-3)17-15(21-13)11-7-9-12(10-8-11)19-5-2/h4-11H,3H2,1-2H3;7-11H,5-6H2,1-4H3;7-10H,4-6H2,1-3H3. The molecule has 354 valence electrons. The number of ether oxygens (including phenoxy) is 6. The molecule has 17 heteroatoms. The van der Waals surface area contributed by atoms with E-state index in [2.05, 4.69) is 33.8 Å². The Morgan fingerprint density at radius 3 is 1.48 bits per heavy atom. The molecule has 1 unspecified atom stereocenters. The Kier molecular flexibility index (Phi) is 20.4. The molecular weight excluding hydrogens is 929 g/mol. The number of aromatic nitrogens is 4. The Balaban J connectivity index is 0.000000189. The van der Waals surface area contributed by atoms with Crippen LogP contribution in [0.3, 0.4) is 0 Å². The third-order valence-electron chi connectivity index (χ3n) is 9.17. The lowest BCUT2D eigenvalue weighted by Gasteiger charge is -2.08. The number of esters is 3. The first-order valence-electron chi connectivity index (χ1n) is 22.0. The summed E-state index contributed by atoms with van der Waals surface area (Å²) in [7, 11) is 0. The zero-order valence-corrected chi connectivity index (χ0v) is 42.4. The summed E-state index contributed by atoms with van der Waals surface area (Å²) < 4.78 is 31.9. The highest BCUT2D eigenvalue weighted by molar-refractivity contribution is 7.15. The number of carbonyl (C=O) groups is 3. The van der Waals surface area contributed by atoms with Crippen LogP contribution in [0.4, 0.5) is 0 Å². The normalized spacial score (nSPS) is 11.1. The highest BCUT2D eigenvalue weighted by Crippen LogP contribution is 2.35. The SMILES string of the molecule is CCOC(=O)c1nc(-c2ccc(OCC)cc2)sc1C(C)C.CCOC(=O)c1nc(-c2ccc(OCC)cc2)sc1CC.CCOc1ccc(-c2nc(C(=O)OC(C)c3nccs3)cs2)cc1. The Labute approximate surface area is 408 Å². The van der Waals surface area contributed by atoms with E-state index in [-0.39, 0.29) is 24.0 Å². The highest BCUT2D eigenvalue weighted by atomic mass is 32.1. The highest BCUT2D eigenvalue weighted by Gasteiger charge is 2.23. The molecule has 13 nitrogen and oxygen atoms in total. The van der Waals surface area contributed by atoms with Crippen LogP contribution in [0.2, 0.25) is 0 Å². The minimum atomic E-state index is -0.439. The van der Waals surface area contributed by atoms with Gasteiger partial charge >= 0.3 is 17.9 Å². The maximum Gasteiger partial charge on any atom is 0.358 e. The second-order valence-corrected chi connectivity index (χ2v) is 18.2. The summed E-state index contributed by atoms with van der Waals surface area (Å²) in [5.41, 5.74) is 4.08. The molecule has 0 saturated carbocycles. The van der Waals surface area contributed by atoms with Crippen molar-refractivity contribution in [2.45, 2.75) is 80.8 Å². The number of carbonyl (C=O) groups excluding carboxylic acids is 3. The Morgan fingerprint density at radius 2 is 1.03 bits per heavy atom. The van der Waals surface area contributed by atoms with Crippen LogP contribution < -0.4 is 14.2 Å². The largest absolute Gasteiger partial charge is 0.494 e. The molecule has 4 heterocycles. The molecule has 0 aliphatic carbocycles. The molecule has 0 aliphatic rings. The third-order valence-corrected chi connectivity index (χ3v) is 13.6. The summed E-state index contributed by atoms with van der Waals surface area (Å²) in [4.78, 5) is 55.6. The van der Waals surface area contributed by atoms with Gasteiger partial charge in [0.25, 0.3) is 0 Å². The van der Waals surface area contributed by atoms with E-state index in [0.29, 0.717) is 50.1 Å². The number of aryl methyl sites for hydroxylation is 1. The molecule has 4 aromatic heterocycles. The van der Waals surface area contributed by atoms with Gasteiger partial charge in [0.05, 0.1) is 33.0 Å². The van der Waals surface area contributed by atoms with Crippen molar-refractivity contribution in [2.24, 2.45) is 0 Å². The van der Waals surface area contributed by atoms with Gasteiger partial charge in [-0.3, -0.25) is 0 Å². The van der Waals surface area contributed by atoms with E-state index in [0.717, 1.165) is 70.1 Å². The van der Waals surface area contributed by atoms with Crippen LogP contribution in [0.5, 0.6) is 17.2 Å². The first-order valence-corrected chi connectivity index (χ1v) is 25.4. The van der Waals surface area contributed by atoms with Crippen molar-refractivity contribution in [2.75, 3.05) is 33.0 Å². The zero-order chi connectivity index (χ0) is 48.3. The van der Waals surface area contributed by atoms with Crippen LogP contribution in [0.1, 0.15) is 121 Å². The molecule has 7 rings (SSSR count). The van der Waals surface area contributed by atoms with E-state index < -0.39 is 5.97 Å². The fourth-order valence-corrected chi connectivity index (χ4v) is 9.53. The molecule has 0 fully saturated rings. The summed E-state index contributed by atoms with van der Waals surface area (Å²) in [6.45, 7) is 20.0. The maximum atomic E-state index is 12.2. The zero-order valence-electron chi connectivity index (χ0n) is 39.2. The lowest BCUT2D eigenvalue weighted by atomic mass is 10.1. The number of thiazole rings is 4. The van der Waals surface area contributed by atoms with Gasteiger partial charge in [0.2, 0.25) is 0 Å². The van der Waals surface area contributed by atoms with Crippen molar-refractivity contribution in [3.8, 4) is 49.0 Å². The maximum absolute atomic E-state index is 12.2. The smallest absolute Gasteiger partial charge is 0.358 e. The predicted octanol–water partition coefficient (Wildman–Crippen LogP) is 13.0. The first-order chi connectivity index (χ1) is 32.4. The fourth-order valence-electron chi connectivity index (χ4n) is 6.05. The molecule has 0 bridgehead atoms. The quantitative estimate of drug-likeness (QED) is 0.0591. The van der Waals surface area contributed by atoms with Gasteiger partial charge in [-0.05, 0) is 127 Å². The number of hydrogen-bond acceptors (Lipinski definition) is 17. The van der Waals surface area contributed by atoms with Gasteiger partial charge in [0, 0.05) is 43.4 Å². The van der Waals surface area contributed by atoms with Crippen LogP contribution in [0, 0.1) is 0 Å². The van der Waals surface area contributed by atoms with Crippen molar-refractivity contribution < 1.29 is 42.8 Å². The van der Waals surface area contributed by atoms with Crippen molar-refractivity contribution >= 4 is 63.3 Å². The lowest BCUT2D eigenvalue weighted by molar-refractivity contribution is 0.0330. The molecule has 0 aliphatic heterocycles. The number of benzene rings is 3. The lowest BCUT2D eigenvalue weighted by Crippen LogP contribution is -2.09. The Hall–Kier alpha value is -6.01. The average Bonchev–Trinajstić information content (AvgIpc) is 4.18. The molecule has 0 amide bonds. The van der Waals surface area contributed by atoms with Gasteiger partial charge < -0.3 is 28.4 Å². The number of rotatable bonds is 18. The Morgan fingerprint density at radius 1 is 0.552 bits per heavy atom. The molecule has 7 aromatic rings. The summed E-state index contributed by atoms with van der Waals surface area (Å²) in [5.74, 6) is 1.58.